The highest BCUT2D eigenvalue weighted by Gasteiger charge is 2.53. The molecule has 0 radical (unpaired) electrons. The zero-order chi connectivity index (χ0) is 17.6. The molecule has 0 bridgehead atoms. The summed E-state index contributed by atoms with van der Waals surface area (Å²) in [5, 5.41) is 15.1. The van der Waals surface area contributed by atoms with Crippen molar-refractivity contribution in [2.45, 2.75) is 72.2 Å². The molecule has 2 unspecified atom stereocenters. The molecule has 0 aromatic carbocycles. The number of hydrogen-bond acceptors (Lipinski definition) is 4. The van der Waals surface area contributed by atoms with Gasteiger partial charge in [0.15, 0.2) is 11.8 Å². The van der Waals surface area contributed by atoms with Gasteiger partial charge in [-0.25, -0.2) is 0 Å². The molecule has 25 heavy (non-hydrogen) atoms. The van der Waals surface area contributed by atoms with Gasteiger partial charge < -0.3 is 19.9 Å². The lowest BCUT2D eigenvalue weighted by Crippen LogP contribution is -2.65. The molecule has 0 spiro atoms. The van der Waals surface area contributed by atoms with Crippen LogP contribution in [0.15, 0.2) is 11.3 Å². The van der Waals surface area contributed by atoms with E-state index in [2.05, 4.69) is 53.5 Å². The van der Waals surface area contributed by atoms with Crippen LogP contribution in [-0.2, 0) is 17.8 Å². The Bertz CT molecular complexity index is 543. The van der Waals surface area contributed by atoms with Crippen LogP contribution in [0.4, 0.5) is 0 Å². The first-order valence-electron chi connectivity index (χ1n) is 9.10. The van der Waals surface area contributed by atoms with E-state index in [-0.39, 0.29) is 29.4 Å². The van der Waals surface area contributed by atoms with Crippen molar-refractivity contribution in [2.75, 3.05) is 13.7 Å². The molecular weight excluding hydrogens is 431 g/mol. The molecule has 0 amide bonds. The average Bonchev–Trinajstić information content (AvgIpc) is 3.05. The van der Waals surface area contributed by atoms with Crippen molar-refractivity contribution in [3.63, 3.8) is 0 Å². The zero-order valence-electron chi connectivity index (χ0n) is 16.1. The number of halogens is 1. The van der Waals surface area contributed by atoms with Crippen molar-refractivity contribution >= 4 is 29.9 Å². The maximum Gasteiger partial charge on any atom is 0.191 e. The topological polar surface area (TPSA) is 76.4 Å². The third-order valence-corrected chi connectivity index (χ3v) is 5.45. The molecule has 2 atom stereocenters. The monoisotopic (exact) mass is 464 g/mol. The highest BCUT2D eigenvalue weighted by Crippen LogP contribution is 2.48. The molecule has 1 saturated carbocycles. The van der Waals surface area contributed by atoms with Crippen molar-refractivity contribution in [1.82, 2.24) is 25.4 Å². The van der Waals surface area contributed by atoms with E-state index >= 15 is 0 Å². The second-order valence-corrected chi connectivity index (χ2v) is 6.28. The van der Waals surface area contributed by atoms with Crippen molar-refractivity contribution < 1.29 is 4.74 Å². The van der Waals surface area contributed by atoms with Crippen LogP contribution in [0.5, 0.6) is 0 Å². The highest BCUT2D eigenvalue weighted by atomic mass is 127. The van der Waals surface area contributed by atoms with Gasteiger partial charge in [0.05, 0.1) is 12.6 Å². The molecule has 1 aromatic heterocycles. The van der Waals surface area contributed by atoms with Crippen LogP contribution >= 0.6 is 24.0 Å². The van der Waals surface area contributed by atoms with E-state index < -0.39 is 0 Å². The molecular formula is C17H33IN6O. The second kappa shape index (κ2) is 10.3. The fourth-order valence-electron chi connectivity index (χ4n) is 3.79. The van der Waals surface area contributed by atoms with Gasteiger partial charge in [0.25, 0.3) is 0 Å². The second-order valence-electron chi connectivity index (χ2n) is 6.28. The maximum atomic E-state index is 5.95. The molecule has 1 aromatic rings. The Morgan fingerprint density at radius 2 is 2.08 bits per heavy atom. The Morgan fingerprint density at radius 3 is 2.64 bits per heavy atom. The smallest absolute Gasteiger partial charge is 0.191 e. The van der Waals surface area contributed by atoms with Crippen LogP contribution in [0.3, 0.4) is 0 Å². The molecule has 8 heteroatoms. The Balaban J connectivity index is 0.00000312. The van der Waals surface area contributed by atoms with E-state index in [4.69, 9.17) is 4.74 Å². The lowest BCUT2D eigenvalue weighted by molar-refractivity contribution is -0.133. The van der Waals surface area contributed by atoms with Crippen LogP contribution in [0.2, 0.25) is 0 Å². The van der Waals surface area contributed by atoms with E-state index in [9.17, 15) is 0 Å². The van der Waals surface area contributed by atoms with Gasteiger partial charge in [0, 0.05) is 31.7 Å². The molecule has 7 nitrogen and oxygen atoms in total. The highest BCUT2D eigenvalue weighted by molar-refractivity contribution is 14.0. The minimum Gasteiger partial charge on any atom is -0.378 e. The van der Waals surface area contributed by atoms with Crippen molar-refractivity contribution in [1.29, 1.82) is 0 Å². The summed E-state index contributed by atoms with van der Waals surface area (Å²) >= 11 is 0. The predicted octanol–water partition coefficient (Wildman–Crippen LogP) is 2.56. The fourth-order valence-corrected chi connectivity index (χ4v) is 3.79. The van der Waals surface area contributed by atoms with Crippen molar-refractivity contribution in [2.24, 2.45) is 10.4 Å². The number of ether oxygens (including phenoxy) is 1. The van der Waals surface area contributed by atoms with E-state index in [1.807, 2.05) is 4.57 Å². The van der Waals surface area contributed by atoms with Gasteiger partial charge in [-0.1, -0.05) is 13.8 Å². The SMILES string of the molecule is CCOC1CC(NC(=NC)NCc2nncn2CC)C1(CC)CC.I. The number of nitrogens with one attached hydrogen (secondary N) is 2. The Labute approximate surface area is 168 Å². The van der Waals surface area contributed by atoms with Gasteiger partial charge in [0.1, 0.15) is 6.33 Å². The molecule has 2 rings (SSSR count). The minimum absolute atomic E-state index is 0. The molecule has 0 saturated heterocycles. The first-order valence-corrected chi connectivity index (χ1v) is 9.10. The number of rotatable bonds is 8. The quantitative estimate of drug-likeness (QED) is 0.352. The number of aryl methyl sites for hydroxylation is 1. The molecule has 144 valence electrons. The van der Waals surface area contributed by atoms with E-state index in [0.29, 0.717) is 18.7 Å². The Hall–Kier alpha value is -0.900. The summed E-state index contributed by atoms with van der Waals surface area (Å²) in [5.41, 5.74) is 0.192. The average molecular weight is 464 g/mol. The van der Waals surface area contributed by atoms with Gasteiger partial charge in [-0.15, -0.1) is 34.2 Å². The van der Waals surface area contributed by atoms with Crippen LogP contribution < -0.4 is 10.6 Å². The minimum atomic E-state index is 0. The Kier molecular flexibility index (Phi) is 9.12. The van der Waals surface area contributed by atoms with Crippen LogP contribution in [0, 0.1) is 5.41 Å². The largest absolute Gasteiger partial charge is 0.378 e. The number of aromatic nitrogens is 3. The van der Waals surface area contributed by atoms with Crippen LogP contribution in [0.1, 0.15) is 52.8 Å². The lowest BCUT2D eigenvalue weighted by atomic mass is 9.58. The van der Waals surface area contributed by atoms with Gasteiger partial charge in [-0.05, 0) is 33.1 Å². The number of guanidine groups is 1. The van der Waals surface area contributed by atoms with Crippen molar-refractivity contribution in [3.05, 3.63) is 12.2 Å². The standard InChI is InChI=1S/C17H32N6O.HI/c1-6-17(7-2)13(10-14(17)24-9-4)21-16(18-5)19-11-15-22-20-12-23(15)8-3;/h12-14H,6-11H2,1-5H3,(H2,18,19,21);1H. The molecule has 2 N–H and O–H groups in total. The third-order valence-electron chi connectivity index (χ3n) is 5.45. The summed E-state index contributed by atoms with van der Waals surface area (Å²) in [4.78, 5) is 4.37. The summed E-state index contributed by atoms with van der Waals surface area (Å²) in [6.07, 6.45) is 5.34. The van der Waals surface area contributed by atoms with E-state index in [1.165, 1.54) is 0 Å². The van der Waals surface area contributed by atoms with Crippen molar-refractivity contribution in [3.8, 4) is 0 Å². The van der Waals surface area contributed by atoms with Gasteiger partial charge in [-0.2, -0.15) is 0 Å². The normalized spacial score (nSPS) is 22.0. The molecule has 1 heterocycles. The third kappa shape index (κ3) is 4.64. The molecule has 1 fully saturated rings. The Morgan fingerprint density at radius 1 is 1.36 bits per heavy atom. The summed E-state index contributed by atoms with van der Waals surface area (Å²) in [5.74, 6) is 1.73. The van der Waals surface area contributed by atoms with Crippen LogP contribution in [-0.4, -0.2) is 46.5 Å². The summed E-state index contributed by atoms with van der Waals surface area (Å²) in [6.45, 7) is 10.9. The van der Waals surface area contributed by atoms with E-state index in [1.54, 1.807) is 13.4 Å². The molecule has 1 aliphatic carbocycles. The van der Waals surface area contributed by atoms with Gasteiger partial charge in [-0.3, -0.25) is 4.99 Å². The van der Waals surface area contributed by atoms with E-state index in [0.717, 1.165) is 44.2 Å². The molecule has 0 aliphatic heterocycles. The van der Waals surface area contributed by atoms with Crippen LogP contribution in [0.25, 0.3) is 0 Å². The number of aliphatic imine (C=N–C) groups is 1. The fraction of sp³-hybridized carbons (Fsp3) is 0.824. The molecule has 1 aliphatic rings. The number of hydrogen-bond donors (Lipinski definition) is 2. The van der Waals surface area contributed by atoms with Gasteiger partial charge in [0.2, 0.25) is 0 Å². The van der Waals surface area contributed by atoms with Gasteiger partial charge >= 0.3 is 0 Å². The summed E-state index contributed by atoms with van der Waals surface area (Å²) in [7, 11) is 1.80. The predicted molar refractivity (Wildman–Crippen MR) is 111 cm³/mol. The number of nitrogens with zero attached hydrogens (tertiary/aromatic N) is 4. The summed E-state index contributed by atoms with van der Waals surface area (Å²) in [6, 6.07) is 0.388. The maximum absolute atomic E-state index is 5.95. The summed E-state index contributed by atoms with van der Waals surface area (Å²) < 4.78 is 7.97. The first kappa shape index (κ1) is 22.1. The zero-order valence-corrected chi connectivity index (χ0v) is 18.4. The lowest BCUT2D eigenvalue weighted by Gasteiger charge is -2.55. The first-order chi connectivity index (χ1) is 11.6.